The molecule has 29 heavy (non-hydrogen) atoms. The molecular weight excluding hydrogens is 367 g/mol. The van der Waals surface area contributed by atoms with Crippen LogP contribution in [0.15, 0.2) is 54.7 Å². The zero-order valence-electron chi connectivity index (χ0n) is 16.3. The van der Waals surface area contributed by atoms with Gasteiger partial charge in [-0.3, -0.25) is 4.79 Å². The molecule has 1 saturated carbocycles. The summed E-state index contributed by atoms with van der Waals surface area (Å²) in [5.74, 6) is 1.09. The summed E-state index contributed by atoms with van der Waals surface area (Å²) in [4.78, 5) is 18.2. The Labute approximate surface area is 169 Å². The van der Waals surface area contributed by atoms with Crippen molar-refractivity contribution in [2.75, 3.05) is 20.2 Å². The van der Waals surface area contributed by atoms with Crippen LogP contribution in [-0.2, 0) is 4.79 Å². The van der Waals surface area contributed by atoms with Gasteiger partial charge >= 0.3 is 0 Å². The molecule has 2 heterocycles. The van der Waals surface area contributed by atoms with Crippen LogP contribution < -0.4 is 4.74 Å². The van der Waals surface area contributed by atoms with Crippen molar-refractivity contribution >= 4 is 22.4 Å². The van der Waals surface area contributed by atoms with Gasteiger partial charge in [-0.05, 0) is 60.2 Å². The van der Waals surface area contributed by atoms with Crippen LogP contribution in [-0.4, -0.2) is 36.0 Å². The van der Waals surface area contributed by atoms with E-state index in [4.69, 9.17) is 4.74 Å². The molecule has 5 rings (SSSR count). The van der Waals surface area contributed by atoms with Gasteiger partial charge in [0.1, 0.15) is 11.6 Å². The van der Waals surface area contributed by atoms with E-state index in [1.54, 1.807) is 19.2 Å². The molecule has 1 fully saturated rings. The van der Waals surface area contributed by atoms with Gasteiger partial charge < -0.3 is 14.6 Å². The average molecular weight is 390 g/mol. The van der Waals surface area contributed by atoms with Crippen molar-refractivity contribution in [1.29, 1.82) is 0 Å². The molecule has 148 valence electrons. The number of H-pyrrole nitrogens is 1. The molecule has 1 amide bonds. The number of methoxy groups -OCH3 is 1. The largest absolute Gasteiger partial charge is 0.497 e. The van der Waals surface area contributed by atoms with E-state index >= 15 is 0 Å². The van der Waals surface area contributed by atoms with Crippen LogP contribution in [0.1, 0.15) is 29.9 Å². The molecule has 0 saturated heterocycles. The Morgan fingerprint density at radius 3 is 2.76 bits per heavy atom. The van der Waals surface area contributed by atoms with Gasteiger partial charge in [0.05, 0.1) is 7.11 Å². The summed E-state index contributed by atoms with van der Waals surface area (Å²) in [7, 11) is 1.67. The zero-order valence-corrected chi connectivity index (χ0v) is 16.3. The number of nitrogens with one attached hydrogen (secondary N) is 1. The van der Waals surface area contributed by atoms with Gasteiger partial charge in [-0.25, -0.2) is 4.39 Å². The number of aromatic nitrogens is 1. The molecule has 5 heteroatoms. The molecule has 1 N–H and O–H groups in total. The monoisotopic (exact) mass is 390 g/mol. The lowest BCUT2D eigenvalue weighted by Gasteiger charge is -2.27. The molecule has 1 aliphatic carbocycles. The first-order valence-corrected chi connectivity index (χ1v) is 10.0. The zero-order chi connectivity index (χ0) is 20.0. The van der Waals surface area contributed by atoms with Crippen molar-refractivity contribution in [2.45, 2.75) is 18.8 Å². The molecule has 0 bridgehead atoms. The predicted molar refractivity (Wildman–Crippen MR) is 111 cm³/mol. The van der Waals surface area contributed by atoms with Crippen molar-refractivity contribution in [2.24, 2.45) is 5.92 Å². The van der Waals surface area contributed by atoms with Crippen LogP contribution in [0.4, 0.5) is 4.39 Å². The summed E-state index contributed by atoms with van der Waals surface area (Å²) in [6.07, 6.45) is 5.90. The third-order valence-electron chi connectivity index (χ3n) is 6.16. The fourth-order valence-corrected chi connectivity index (χ4v) is 4.39. The van der Waals surface area contributed by atoms with Crippen LogP contribution >= 0.6 is 0 Å². The van der Waals surface area contributed by atoms with Gasteiger partial charge in [-0.15, -0.1) is 0 Å². The lowest BCUT2D eigenvalue weighted by atomic mass is 9.98. The number of rotatable bonds is 4. The highest BCUT2D eigenvalue weighted by Crippen LogP contribution is 2.48. The Morgan fingerprint density at radius 2 is 2.03 bits per heavy atom. The molecule has 2 atom stereocenters. The number of amides is 1. The van der Waals surface area contributed by atoms with E-state index in [1.165, 1.54) is 23.3 Å². The van der Waals surface area contributed by atoms with E-state index in [0.717, 1.165) is 41.6 Å². The van der Waals surface area contributed by atoms with E-state index in [0.29, 0.717) is 6.54 Å². The fourth-order valence-electron chi connectivity index (χ4n) is 4.39. The first kappa shape index (κ1) is 18.0. The molecule has 3 aromatic rings. The van der Waals surface area contributed by atoms with E-state index in [9.17, 15) is 9.18 Å². The maximum absolute atomic E-state index is 13.1. The highest BCUT2D eigenvalue weighted by Gasteiger charge is 2.45. The number of aromatic amines is 1. The van der Waals surface area contributed by atoms with Crippen molar-refractivity contribution in [1.82, 2.24) is 9.88 Å². The topological polar surface area (TPSA) is 45.3 Å². The number of nitrogens with zero attached hydrogens (tertiary/aromatic N) is 1. The summed E-state index contributed by atoms with van der Waals surface area (Å²) in [5.41, 5.74) is 4.59. The lowest BCUT2D eigenvalue weighted by molar-refractivity contribution is -0.132. The Morgan fingerprint density at radius 1 is 1.21 bits per heavy atom. The lowest BCUT2D eigenvalue weighted by Crippen LogP contribution is -2.36. The number of carbonyl (C=O) groups is 1. The maximum atomic E-state index is 13.1. The quantitative estimate of drug-likeness (QED) is 0.700. The second-order valence-electron chi connectivity index (χ2n) is 7.88. The molecule has 0 radical (unpaired) electrons. The molecular formula is C24H23FN2O2. The number of hydrogen-bond donors (Lipinski definition) is 1. The Hall–Kier alpha value is -3.08. The SMILES string of the molecule is COc1ccc2[nH]cc(C3=CCN(C(=O)[C@@H]4C[C@H]4c4ccc(F)cc4)CC3)c2c1. The van der Waals surface area contributed by atoms with E-state index < -0.39 is 0 Å². The van der Waals surface area contributed by atoms with Crippen LogP contribution in [0.3, 0.4) is 0 Å². The first-order chi connectivity index (χ1) is 14.1. The molecule has 1 aromatic heterocycles. The number of halogens is 1. The molecule has 4 nitrogen and oxygen atoms in total. The highest BCUT2D eigenvalue weighted by atomic mass is 19.1. The molecule has 2 aromatic carbocycles. The summed E-state index contributed by atoms with van der Waals surface area (Å²) < 4.78 is 18.5. The van der Waals surface area contributed by atoms with Crippen molar-refractivity contribution in [3.8, 4) is 5.75 Å². The highest BCUT2D eigenvalue weighted by molar-refractivity contribution is 5.94. The number of fused-ring (bicyclic) bond motifs is 1. The number of carbonyl (C=O) groups excluding carboxylic acids is 1. The Balaban J connectivity index is 1.29. The van der Waals surface area contributed by atoms with Crippen LogP contribution in [0.2, 0.25) is 0 Å². The second kappa shape index (κ2) is 7.07. The Kier molecular flexibility index (Phi) is 4.38. The first-order valence-electron chi connectivity index (χ1n) is 10.0. The summed E-state index contributed by atoms with van der Waals surface area (Å²) in [5, 5.41) is 1.15. The van der Waals surface area contributed by atoms with Gasteiger partial charge in [0.2, 0.25) is 5.91 Å². The molecule has 1 aliphatic heterocycles. The minimum Gasteiger partial charge on any atom is -0.497 e. The number of hydrogen-bond acceptors (Lipinski definition) is 2. The second-order valence-corrected chi connectivity index (χ2v) is 7.88. The third-order valence-corrected chi connectivity index (χ3v) is 6.16. The third kappa shape index (κ3) is 3.31. The van der Waals surface area contributed by atoms with Gasteiger partial charge in [-0.2, -0.15) is 0 Å². The standard InChI is InChI=1S/C24H23FN2O2/c1-29-18-6-7-23-20(12-18)22(14-26-23)16-8-10-27(11-9-16)24(28)21-13-19(21)15-2-4-17(25)5-3-15/h2-8,12,14,19,21,26H,9-11,13H2,1H3/t19-,21+/m0/s1. The predicted octanol–water partition coefficient (Wildman–Crippen LogP) is 4.74. The van der Waals surface area contributed by atoms with Crippen molar-refractivity contribution in [3.63, 3.8) is 0 Å². The van der Waals surface area contributed by atoms with Gasteiger partial charge in [-0.1, -0.05) is 18.2 Å². The van der Waals surface area contributed by atoms with Crippen LogP contribution in [0.5, 0.6) is 5.75 Å². The van der Waals surface area contributed by atoms with Gasteiger partial charge in [0.25, 0.3) is 0 Å². The average Bonchev–Trinajstić information content (AvgIpc) is 3.45. The Bertz CT molecular complexity index is 1100. The summed E-state index contributed by atoms with van der Waals surface area (Å²) in [6, 6.07) is 12.6. The van der Waals surface area contributed by atoms with Crippen molar-refractivity contribution < 1.29 is 13.9 Å². The van der Waals surface area contributed by atoms with E-state index in [2.05, 4.69) is 17.1 Å². The van der Waals surface area contributed by atoms with Crippen molar-refractivity contribution in [3.05, 3.63) is 71.7 Å². The molecule has 0 unspecified atom stereocenters. The summed E-state index contributed by atoms with van der Waals surface area (Å²) in [6.45, 7) is 1.37. The number of benzene rings is 2. The minimum absolute atomic E-state index is 0.0350. The van der Waals surface area contributed by atoms with E-state index in [1.807, 2.05) is 23.2 Å². The number of ether oxygens (including phenoxy) is 1. The van der Waals surface area contributed by atoms with E-state index in [-0.39, 0.29) is 23.6 Å². The maximum Gasteiger partial charge on any atom is 0.226 e. The van der Waals surface area contributed by atoms with Gasteiger partial charge in [0.15, 0.2) is 0 Å². The van der Waals surface area contributed by atoms with Crippen LogP contribution in [0, 0.1) is 11.7 Å². The summed E-state index contributed by atoms with van der Waals surface area (Å²) >= 11 is 0. The molecule has 0 spiro atoms. The van der Waals surface area contributed by atoms with Gasteiger partial charge in [0, 0.05) is 41.7 Å². The smallest absolute Gasteiger partial charge is 0.226 e. The van der Waals surface area contributed by atoms with Crippen LogP contribution in [0.25, 0.3) is 16.5 Å². The minimum atomic E-state index is -0.235. The fraction of sp³-hybridized carbons (Fsp3) is 0.292. The normalized spacial score (nSPS) is 21.2. The molecule has 2 aliphatic rings.